The van der Waals surface area contributed by atoms with E-state index >= 15 is 0 Å². The van der Waals surface area contributed by atoms with Crippen LogP contribution in [0.4, 0.5) is 5.82 Å². The minimum Gasteiger partial charge on any atom is -0.371 e. The molecule has 0 saturated carbocycles. The number of nitrogens with zero attached hydrogens (tertiary/aromatic N) is 2. The molecule has 1 aromatic heterocycles. The normalized spacial score (nSPS) is 10.2. The van der Waals surface area contributed by atoms with Crippen LogP contribution in [0.1, 0.15) is 0 Å². The largest absolute Gasteiger partial charge is 0.371 e. The molecule has 16 heavy (non-hydrogen) atoms. The minimum atomic E-state index is 0.775. The third-order valence-corrected chi connectivity index (χ3v) is 4.01. The lowest BCUT2D eigenvalue weighted by atomic mass is 10.1. The zero-order valence-corrected chi connectivity index (χ0v) is 11.7. The van der Waals surface area contributed by atoms with Gasteiger partial charge in [0.1, 0.15) is 5.69 Å². The van der Waals surface area contributed by atoms with E-state index in [-0.39, 0.29) is 0 Å². The standard InChI is InChI=1S/C11H9Br2N3/c1-14-11-10(15-4-5-16-11)7-2-3-8(12)9(13)6-7/h2-6H,1H3,(H,14,16). The lowest BCUT2D eigenvalue weighted by Crippen LogP contribution is -1.97. The van der Waals surface area contributed by atoms with Gasteiger partial charge in [0.15, 0.2) is 5.82 Å². The highest BCUT2D eigenvalue weighted by Gasteiger charge is 2.07. The van der Waals surface area contributed by atoms with Crippen LogP contribution in [0, 0.1) is 0 Å². The van der Waals surface area contributed by atoms with Crippen LogP contribution in [-0.2, 0) is 0 Å². The van der Waals surface area contributed by atoms with Crippen LogP contribution in [0.5, 0.6) is 0 Å². The van der Waals surface area contributed by atoms with Crippen LogP contribution < -0.4 is 5.32 Å². The predicted octanol–water partition coefficient (Wildman–Crippen LogP) is 3.71. The van der Waals surface area contributed by atoms with E-state index in [9.17, 15) is 0 Å². The molecule has 0 spiro atoms. The monoisotopic (exact) mass is 341 g/mol. The first-order valence-corrected chi connectivity index (χ1v) is 6.25. The number of halogens is 2. The average Bonchev–Trinajstić information content (AvgIpc) is 2.32. The maximum Gasteiger partial charge on any atom is 0.152 e. The number of hydrogen-bond acceptors (Lipinski definition) is 3. The topological polar surface area (TPSA) is 37.8 Å². The lowest BCUT2D eigenvalue weighted by Gasteiger charge is -2.07. The van der Waals surface area contributed by atoms with E-state index in [2.05, 4.69) is 47.1 Å². The van der Waals surface area contributed by atoms with Crippen LogP contribution in [0.3, 0.4) is 0 Å². The summed E-state index contributed by atoms with van der Waals surface area (Å²) in [4.78, 5) is 8.55. The first-order chi connectivity index (χ1) is 7.72. The van der Waals surface area contributed by atoms with Crippen molar-refractivity contribution in [2.45, 2.75) is 0 Å². The summed E-state index contributed by atoms with van der Waals surface area (Å²) >= 11 is 6.91. The van der Waals surface area contributed by atoms with Gasteiger partial charge in [-0.05, 0) is 44.0 Å². The highest BCUT2D eigenvalue weighted by Crippen LogP contribution is 2.30. The van der Waals surface area contributed by atoms with Gasteiger partial charge in [0.05, 0.1) is 0 Å². The Morgan fingerprint density at radius 1 is 1.06 bits per heavy atom. The Kier molecular flexibility index (Phi) is 3.56. The van der Waals surface area contributed by atoms with Gasteiger partial charge in [0.2, 0.25) is 0 Å². The summed E-state index contributed by atoms with van der Waals surface area (Å²) in [5, 5.41) is 3.03. The fraction of sp³-hybridized carbons (Fsp3) is 0.0909. The summed E-state index contributed by atoms with van der Waals surface area (Å²) in [6.07, 6.45) is 3.36. The van der Waals surface area contributed by atoms with Crippen LogP contribution in [0.2, 0.25) is 0 Å². The van der Waals surface area contributed by atoms with E-state index in [1.807, 2.05) is 25.2 Å². The molecule has 1 N–H and O–H groups in total. The van der Waals surface area contributed by atoms with Gasteiger partial charge in [0.25, 0.3) is 0 Å². The SMILES string of the molecule is CNc1nccnc1-c1ccc(Br)c(Br)c1. The maximum atomic E-state index is 4.33. The van der Waals surface area contributed by atoms with Gasteiger partial charge in [0, 0.05) is 34.0 Å². The third kappa shape index (κ3) is 2.25. The number of anilines is 1. The molecule has 0 bridgehead atoms. The van der Waals surface area contributed by atoms with Crippen molar-refractivity contribution in [1.29, 1.82) is 0 Å². The van der Waals surface area contributed by atoms with Gasteiger partial charge in [-0.25, -0.2) is 4.98 Å². The quantitative estimate of drug-likeness (QED) is 0.904. The van der Waals surface area contributed by atoms with E-state index in [1.165, 1.54) is 0 Å². The molecule has 2 aromatic rings. The van der Waals surface area contributed by atoms with Crippen molar-refractivity contribution in [1.82, 2.24) is 9.97 Å². The van der Waals surface area contributed by atoms with Crippen LogP contribution >= 0.6 is 31.9 Å². The molecule has 82 valence electrons. The van der Waals surface area contributed by atoms with Crippen molar-refractivity contribution < 1.29 is 0 Å². The summed E-state index contributed by atoms with van der Waals surface area (Å²) < 4.78 is 2.02. The van der Waals surface area contributed by atoms with Crippen molar-refractivity contribution >= 4 is 37.7 Å². The van der Waals surface area contributed by atoms with E-state index in [1.54, 1.807) is 12.4 Å². The maximum absolute atomic E-state index is 4.33. The third-order valence-electron chi connectivity index (χ3n) is 2.13. The van der Waals surface area contributed by atoms with E-state index < -0.39 is 0 Å². The summed E-state index contributed by atoms with van der Waals surface area (Å²) in [5.74, 6) is 0.775. The molecule has 0 aliphatic heterocycles. The van der Waals surface area contributed by atoms with Gasteiger partial charge in [-0.3, -0.25) is 4.98 Å². The number of nitrogens with one attached hydrogen (secondary N) is 1. The molecule has 1 heterocycles. The molecule has 0 atom stereocenters. The molecule has 0 radical (unpaired) electrons. The molecule has 5 heteroatoms. The van der Waals surface area contributed by atoms with Crippen molar-refractivity contribution in [3.05, 3.63) is 39.5 Å². The zero-order valence-electron chi connectivity index (χ0n) is 8.54. The van der Waals surface area contributed by atoms with Crippen molar-refractivity contribution in [3.8, 4) is 11.3 Å². The van der Waals surface area contributed by atoms with Crippen molar-refractivity contribution in [2.75, 3.05) is 12.4 Å². The van der Waals surface area contributed by atoms with Crippen LogP contribution in [0.15, 0.2) is 39.5 Å². The Balaban J connectivity index is 2.54. The van der Waals surface area contributed by atoms with E-state index in [0.29, 0.717) is 0 Å². The Morgan fingerprint density at radius 3 is 2.50 bits per heavy atom. The highest BCUT2D eigenvalue weighted by atomic mass is 79.9. The average molecular weight is 343 g/mol. The first kappa shape index (κ1) is 11.5. The van der Waals surface area contributed by atoms with Gasteiger partial charge in [-0.15, -0.1) is 0 Å². The molecule has 0 aliphatic rings. The summed E-state index contributed by atoms with van der Waals surface area (Å²) in [5.41, 5.74) is 1.87. The molecule has 0 saturated heterocycles. The molecule has 0 unspecified atom stereocenters. The number of hydrogen-bond donors (Lipinski definition) is 1. The number of benzene rings is 1. The number of rotatable bonds is 2. The molecular formula is C11H9Br2N3. The Morgan fingerprint density at radius 2 is 1.81 bits per heavy atom. The van der Waals surface area contributed by atoms with Crippen molar-refractivity contribution in [2.24, 2.45) is 0 Å². The summed E-state index contributed by atoms with van der Waals surface area (Å²) in [6, 6.07) is 5.99. The van der Waals surface area contributed by atoms with E-state index in [4.69, 9.17) is 0 Å². The smallest absolute Gasteiger partial charge is 0.152 e. The second kappa shape index (κ2) is 4.93. The Labute approximate surface area is 111 Å². The van der Waals surface area contributed by atoms with Crippen LogP contribution in [0.25, 0.3) is 11.3 Å². The lowest BCUT2D eigenvalue weighted by molar-refractivity contribution is 1.19. The first-order valence-electron chi connectivity index (χ1n) is 4.66. The Hall–Kier alpha value is -0.940. The molecule has 0 aliphatic carbocycles. The fourth-order valence-corrected chi connectivity index (χ4v) is 2.00. The van der Waals surface area contributed by atoms with Gasteiger partial charge in [-0.2, -0.15) is 0 Å². The van der Waals surface area contributed by atoms with Gasteiger partial charge >= 0.3 is 0 Å². The molecule has 2 rings (SSSR count). The summed E-state index contributed by atoms with van der Waals surface area (Å²) in [6.45, 7) is 0. The highest BCUT2D eigenvalue weighted by molar-refractivity contribution is 9.13. The second-order valence-corrected chi connectivity index (χ2v) is 4.84. The second-order valence-electron chi connectivity index (χ2n) is 3.13. The van der Waals surface area contributed by atoms with E-state index in [0.717, 1.165) is 26.0 Å². The zero-order chi connectivity index (χ0) is 11.5. The molecule has 1 aromatic carbocycles. The molecular weight excluding hydrogens is 334 g/mol. The van der Waals surface area contributed by atoms with Crippen molar-refractivity contribution in [3.63, 3.8) is 0 Å². The molecule has 0 fully saturated rings. The molecule has 3 nitrogen and oxygen atoms in total. The fourth-order valence-electron chi connectivity index (χ4n) is 1.38. The minimum absolute atomic E-state index is 0.775. The predicted molar refractivity (Wildman–Crippen MR) is 72.4 cm³/mol. The van der Waals surface area contributed by atoms with Gasteiger partial charge < -0.3 is 5.32 Å². The molecule has 0 amide bonds. The Bertz CT molecular complexity index is 514. The number of aromatic nitrogens is 2. The van der Waals surface area contributed by atoms with Crippen LogP contribution in [-0.4, -0.2) is 17.0 Å². The summed E-state index contributed by atoms with van der Waals surface area (Å²) in [7, 11) is 1.83. The van der Waals surface area contributed by atoms with Gasteiger partial charge in [-0.1, -0.05) is 6.07 Å².